The first-order valence-electron chi connectivity index (χ1n) is 8.02. The predicted octanol–water partition coefficient (Wildman–Crippen LogP) is 2.89. The topological polar surface area (TPSA) is 104 Å². The molecule has 0 aliphatic heterocycles. The zero-order chi connectivity index (χ0) is 19.4. The molecule has 0 atom stereocenters. The van der Waals surface area contributed by atoms with Crippen molar-refractivity contribution >= 4 is 34.4 Å². The summed E-state index contributed by atoms with van der Waals surface area (Å²) in [6, 6.07) is 12.3. The van der Waals surface area contributed by atoms with Crippen molar-refractivity contribution in [1.29, 1.82) is 0 Å². The van der Waals surface area contributed by atoms with Gasteiger partial charge in [-0.3, -0.25) is 9.59 Å². The Morgan fingerprint density at radius 1 is 1.22 bits per heavy atom. The molecule has 0 radical (unpaired) electrons. The summed E-state index contributed by atoms with van der Waals surface area (Å²) in [6.07, 6.45) is 0. The SMILES string of the molecule is COc1cc(C(=O)NCc2cc3ccccc3o2)cc(Cl)c1OCC(N)=O. The third kappa shape index (κ3) is 4.32. The fraction of sp³-hybridized carbons (Fsp3) is 0.158. The molecule has 0 fully saturated rings. The lowest BCUT2D eigenvalue weighted by molar-refractivity contribution is -0.119. The molecular weight excluding hydrogens is 372 g/mol. The Morgan fingerprint density at radius 2 is 2.00 bits per heavy atom. The average Bonchev–Trinajstić information content (AvgIpc) is 3.07. The second kappa shape index (κ2) is 8.01. The summed E-state index contributed by atoms with van der Waals surface area (Å²) >= 11 is 6.16. The third-order valence-electron chi connectivity index (χ3n) is 3.75. The van der Waals surface area contributed by atoms with E-state index in [0.717, 1.165) is 11.0 Å². The summed E-state index contributed by atoms with van der Waals surface area (Å²) in [5, 5.41) is 3.85. The zero-order valence-corrected chi connectivity index (χ0v) is 15.2. The summed E-state index contributed by atoms with van der Waals surface area (Å²) in [5.41, 5.74) is 6.09. The quantitative estimate of drug-likeness (QED) is 0.647. The number of amides is 2. The molecule has 0 saturated carbocycles. The fourth-order valence-electron chi connectivity index (χ4n) is 2.53. The van der Waals surface area contributed by atoms with Crippen LogP contribution >= 0.6 is 11.6 Å². The van der Waals surface area contributed by atoms with E-state index in [2.05, 4.69) is 5.32 Å². The summed E-state index contributed by atoms with van der Waals surface area (Å²) < 4.78 is 16.1. The van der Waals surface area contributed by atoms with Crippen molar-refractivity contribution in [3.05, 3.63) is 58.8 Å². The molecule has 3 rings (SSSR count). The molecule has 0 aliphatic rings. The summed E-state index contributed by atoms with van der Waals surface area (Å²) in [4.78, 5) is 23.3. The predicted molar refractivity (Wildman–Crippen MR) is 100 cm³/mol. The number of halogens is 1. The monoisotopic (exact) mass is 388 g/mol. The van der Waals surface area contributed by atoms with Gasteiger partial charge in [0.05, 0.1) is 18.7 Å². The van der Waals surface area contributed by atoms with Gasteiger partial charge in [0.2, 0.25) is 0 Å². The van der Waals surface area contributed by atoms with E-state index in [-0.39, 0.29) is 41.1 Å². The number of nitrogens with one attached hydrogen (secondary N) is 1. The number of methoxy groups -OCH3 is 1. The number of carbonyl (C=O) groups is 2. The first-order chi connectivity index (χ1) is 13.0. The van der Waals surface area contributed by atoms with Gasteiger partial charge in [-0.2, -0.15) is 0 Å². The maximum atomic E-state index is 12.4. The summed E-state index contributed by atoms with van der Waals surface area (Å²) in [5.74, 6) is -0.0219. The fourth-order valence-corrected chi connectivity index (χ4v) is 2.79. The Kier molecular flexibility index (Phi) is 5.52. The van der Waals surface area contributed by atoms with Gasteiger partial charge in [-0.25, -0.2) is 0 Å². The number of hydrogen-bond donors (Lipinski definition) is 2. The van der Waals surface area contributed by atoms with Crippen molar-refractivity contribution in [2.75, 3.05) is 13.7 Å². The molecule has 2 aromatic carbocycles. The minimum absolute atomic E-state index is 0.129. The number of ether oxygens (including phenoxy) is 2. The van der Waals surface area contributed by atoms with Gasteiger partial charge in [0, 0.05) is 10.9 Å². The maximum Gasteiger partial charge on any atom is 0.255 e. The van der Waals surface area contributed by atoms with Crippen molar-refractivity contribution in [2.24, 2.45) is 5.73 Å². The number of primary amides is 1. The number of benzene rings is 2. The minimum Gasteiger partial charge on any atom is -0.493 e. The first kappa shape index (κ1) is 18.6. The van der Waals surface area contributed by atoms with Gasteiger partial charge >= 0.3 is 0 Å². The molecular formula is C19H17ClN2O5. The van der Waals surface area contributed by atoms with Crippen LogP contribution in [0.15, 0.2) is 46.9 Å². The number of hydrogen-bond acceptors (Lipinski definition) is 5. The average molecular weight is 389 g/mol. The highest BCUT2D eigenvalue weighted by Gasteiger charge is 2.17. The number of nitrogens with two attached hydrogens (primary N) is 1. The molecule has 0 unspecified atom stereocenters. The molecule has 8 heteroatoms. The van der Waals surface area contributed by atoms with Gasteiger partial charge in [0.15, 0.2) is 18.1 Å². The van der Waals surface area contributed by atoms with Crippen LogP contribution in [0.1, 0.15) is 16.1 Å². The van der Waals surface area contributed by atoms with Gasteiger partial charge in [-0.1, -0.05) is 29.8 Å². The summed E-state index contributed by atoms with van der Waals surface area (Å²) in [6.45, 7) is -0.138. The van der Waals surface area contributed by atoms with E-state index in [1.165, 1.54) is 19.2 Å². The van der Waals surface area contributed by atoms with Crippen LogP contribution in [0.4, 0.5) is 0 Å². The standard InChI is InChI=1S/C19H17ClN2O5/c1-25-16-8-12(7-14(20)18(16)26-10-17(21)23)19(24)22-9-13-6-11-4-2-3-5-15(11)27-13/h2-8H,9-10H2,1H3,(H2,21,23)(H,22,24). The number of para-hydroxylation sites is 1. The molecule has 27 heavy (non-hydrogen) atoms. The lowest BCUT2D eigenvalue weighted by Gasteiger charge is -2.13. The Balaban J connectivity index is 1.73. The largest absolute Gasteiger partial charge is 0.493 e. The van der Waals surface area contributed by atoms with Gasteiger partial charge in [0.1, 0.15) is 11.3 Å². The van der Waals surface area contributed by atoms with Crippen LogP contribution in [-0.4, -0.2) is 25.5 Å². The van der Waals surface area contributed by atoms with Crippen molar-refractivity contribution < 1.29 is 23.5 Å². The van der Waals surface area contributed by atoms with Crippen molar-refractivity contribution in [3.63, 3.8) is 0 Å². The van der Waals surface area contributed by atoms with Gasteiger partial charge in [0.25, 0.3) is 11.8 Å². The van der Waals surface area contributed by atoms with Crippen LogP contribution < -0.4 is 20.5 Å². The third-order valence-corrected chi connectivity index (χ3v) is 4.03. The smallest absolute Gasteiger partial charge is 0.255 e. The van der Waals surface area contributed by atoms with E-state index in [9.17, 15) is 9.59 Å². The van der Waals surface area contributed by atoms with E-state index < -0.39 is 5.91 Å². The summed E-state index contributed by atoms with van der Waals surface area (Å²) in [7, 11) is 1.40. The second-order valence-electron chi connectivity index (χ2n) is 5.68. The molecule has 0 spiro atoms. The van der Waals surface area contributed by atoms with E-state index in [0.29, 0.717) is 5.76 Å². The highest BCUT2D eigenvalue weighted by molar-refractivity contribution is 6.32. The second-order valence-corrected chi connectivity index (χ2v) is 6.08. The number of fused-ring (bicyclic) bond motifs is 1. The van der Waals surface area contributed by atoms with Crippen LogP contribution in [-0.2, 0) is 11.3 Å². The van der Waals surface area contributed by atoms with E-state index in [4.69, 9.17) is 31.2 Å². The molecule has 0 bridgehead atoms. The number of rotatable bonds is 7. The number of carbonyl (C=O) groups excluding carboxylic acids is 2. The molecule has 0 aliphatic carbocycles. The highest BCUT2D eigenvalue weighted by atomic mass is 35.5. The normalized spacial score (nSPS) is 10.6. The molecule has 7 nitrogen and oxygen atoms in total. The Hall–Kier alpha value is -3.19. The molecule has 3 N–H and O–H groups in total. The van der Waals surface area contributed by atoms with Gasteiger partial charge in [-0.05, 0) is 24.3 Å². The molecule has 140 valence electrons. The van der Waals surface area contributed by atoms with Crippen LogP contribution in [0.2, 0.25) is 5.02 Å². The highest BCUT2D eigenvalue weighted by Crippen LogP contribution is 2.36. The molecule has 1 aromatic heterocycles. The lowest BCUT2D eigenvalue weighted by atomic mass is 10.2. The van der Waals surface area contributed by atoms with E-state index in [1.807, 2.05) is 30.3 Å². The van der Waals surface area contributed by atoms with E-state index in [1.54, 1.807) is 0 Å². The molecule has 0 saturated heterocycles. The van der Waals surface area contributed by atoms with Crippen molar-refractivity contribution in [1.82, 2.24) is 5.32 Å². The number of furan rings is 1. The lowest BCUT2D eigenvalue weighted by Crippen LogP contribution is -2.23. The van der Waals surface area contributed by atoms with Crippen molar-refractivity contribution in [3.8, 4) is 11.5 Å². The molecule has 1 heterocycles. The van der Waals surface area contributed by atoms with Crippen LogP contribution in [0.25, 0.3) is 11.0 Å². The van der Waals surface area contributed by atoms with Crippen LogP contribution in [0.3, 0.4) is 0 Å². The maximum absolute atomic E-state index is 12.4. The first-order valence-corrected chi connectivity index (χ1v) is 8.40. The van der Waals surface area contributed by atoms with Gasteiger partial charge in [-0.15, -0.1) is 0 Å². The Bertz CT molecular complexity index is 966. The minimum atomic E-state index is -0.652. The van der Waals surface area contributed by atoms with Gasteiger partial charge < -0.3 is 24.9 Å². The molecule has 2 amide bonds. The Labute approximate surface area is 160 Å². The van der Waals surface area contributed by atoms with E-state index >= 15 is 0 Å². The molecule has 3 aromatic rings. The van der Waals surface area contributed by atoms with Crippen LogP contribution in [0.5, 0.6) is 11.5 Å². The van der Waals surface area contributed by atoms with Crippen molar-refractivity contribution in [2.45, 2.75) is 6.54 Å². The zero-order valence-electron chi connectivity index (χ0n) is 14.5. The van der Waals surface area contributed by atoms with Crippen LogP contribution in [0, 0.1) is 0 Å². The Morgan fingerprint density at radius 3 is 2.70 bits per heavy atom.